The third-order valence-corrected chi connectivity index (χ3v) is 2.18. The fourth-order valence-corrected chi connectivity index (χ4v) is 1.36. The lowest BCUT2D eigenvalue weighted by molar-refractivity contribution is 0.0601. The van der Waals surface area contributed by atoms with Crippen LogP contribution in [-0.4, -0.2) is 37.2 Å². The van der Waals surface area contributed by atoms with Crippen molar-refractivity contribution < 1.29 is 9.53 Å². The Hall–Kier alpha value is -1.62. The molecule has 0 aromatic carbocycles. The van der Waals surface area contributed by atoms with Crippen LogP contribution in [0.5, 0.6) is 0 Å². The number of ether oxygens (including phenoxy) is 1. The zero-order valence-electron chi connectivity index (χ0n) is 10.5. The number of hydrogen-bond donors (Lipinski definition) is 2. The van der Waals surface area contributed by atoms with Gasteiger partial charge in [0.25, 0.3) is 0 Å². The van der Waals surface area contributed by atoms with Gasteiger partial charge in [-0.05, 0) is 12.1 Å². The Bertz CT molecular complexity index is 367. The molecular formula is C12H19N3O2. The molecule has 5 heteroatoms. The van der Waals surface area contributed by atoms with Crippen LogP contribution in [0.25, 0.3) is 0 Å². The molecule has 94 valence electrons. The van der Waals surface area contributed by atoms with E-state index in [0.717, 1.165) is 6.54 Å². The molecule has 0 atom stereocenters. The highest BCUT2D eigenvalue weighted by Crippen LogP contribution is 2.11. The first-order chi connectivity index (χ1) is 8.15. The lowest BCUT2D eigenvalue weighted by Crippen LogP contribution is -2.28. The minimum atomic E-state index is -0.377. The van der Waals surface area contributed by atoms with Crippen molar-refractivity contribution in [3.8, 4) is 0 Å². The maximum absolute atomic E-state index is 11.5. The van der Waals surface area contributed by atoms with Crippen molar-refractivity contribution in [2.24, 2.45) is 0 Å². The first-order valence-electron chi connectivity index (χ1n) is 5.65. The summed E-state index contributed by atoms with van der Waals surface area (Å²) >= 11 is 0. The molecule has 1 rings (SSSR count). The van der Waals surface area contributed by atoms with E-state index in [1.165, 1.54) is 7.11 Å². The highest BCUT2D eigenvalue weighted by atomic mass is 16.5. The molecule has 0 spiro atoms. The molecule has 0 bridgehead atoms. The Morgan fingerprint density at radius 1 is 1.47 bits per heavy atom. The molecule has 0 saturated carbocycles. The van der Waals surface area contributed by atoms with E-state index in [9.17, 15) is 4.79 Å². The second kappa shape index (κ2) is 6.85. The molecule has 0 radical (unpaired) electrons. The van der Waals surface area contributed by atoms with E-state index in [4.69, 9.17) is 0 Å². The van der Waals surface area contributed by atoms with Gasteiger partial charge in [0, 0.05) is 25.3 Å². The molecule has 0 aliphatic heterocycles. The van der Waals surface area contributed by atoms with E-state index in [1.807, 2.05) is 0 Å². The zero-order chi connectivity index (χ0) is 12.7. The number of nitrogens with one attached hydrogen (secondary N) is 2. The number of aromatic nitrogens is 1. The van der Waals surface area contributed by atoms with Gasteiger partial charge in [0.15, 0.2) is 0 Å². The van der Waals surface area contributed by atoms with Crippen molar-refractivity contribution >= 4 is 11.8 Å². The van der Waals surface area contributed by atoms with Gasteiger partial charge in [-0.25, -0.2) is 9.78 Å². The summed E-state index contributed by atoms with van der Waals surface area (Å²) in [5.41, 5.74) is 0.458. The van der Waals surface area contributed by atoms with Gasteiger partial charge >= 0.3 is 5.97 Å². The zero-order valence-corrected chi connectivity index (χ0v) is 10.5. The number of rotatable bonds is 6. The standard InChI is InChI=1S/C12H19N3O2/c1-9(2)13-7-8-15-11-10(12(16)17-3)5-4-6-14-11/h4-6,9,13H,7-8H2,1-3H3,(H,14,15). The molecule has 0 aliphatic carbocycles. The molecule has 0 saturated heterocycles. The average molecular weight is 237 g/mol. The first kappa shape index (κ1) is 13.4. The van der Waals surface area contributed by atoms with Gasteiger partial charge in [0.2, 0.25) is 0 Å². The predicted octanol–water partition coefficient (Wildman–Crippen LogP) is 1.28. The SMILES string of the molecule is COC(=O)c1cccnc1NCCNC(C)C. The van der Waals surface area contributed by atoms with Crippen LogP contribution in [0.15, 0.2) is 18.3 Å². The molecule has 1 aromatic rings. The third-order valence-electron chi connectivity index (χ3n) is 2.18. The molecule has 1 aromatic heterocycles. The Morgan fingerprint density at radius 3 is 2.88 bits per heavy atom. The molecule has 5 nitrogen and oxygen atoms in total. The minimum Gasteiger partial charge on any atom is -0.465 e. The van der Waals surface area contributed by atoms with Crippen molar-refractivity contribution in [2.75, 3.05) is 25.5 Å². The number of hydrogen-bond acceptors (Lipinski definition) is 5. The number of nitrogens with zero attached hydrogens (tertiary/aromatic N) is 1. The lowest BCUT2D eigenvalue weighted by atomic mass is 10.2. The summed E-state index contributed by atoms with van der Waals surface area (Å²) in [5, 5.41) is 6.38. The van der Waals surface area contributed by atoms with Crippen LogP contribution in [-0.2, 0) is 4.74 Å². The first-order valence-corrected chi connectivity index (χ1v) is 5.65. The quantitative estimate of drug-likeness (QED) is 0.576. The minimum absolute atomic E-state index is 0.377. The number of carbonyl (C=O) groups is 1. The Labute approximate surface area is 102 Å². The Kier molecular flexibility index (Phi) is 5.42. The molecule has 0 amide bonds. The summed E-state index contributed by atoms with van der Waals surface area (Å²) < 4.78 is 4.69. The van der Waals surface area contributed by atoms with Gasteiger partial charge in [0.1, 0.15) is 11.4 Å². The summed E-state index contributed by atoms with van der Waals surface area (Å²) in [4.78, 5) is 15.6. The summed E-state index contributed by atoms with van der Waals surface area (Å²) in [6.07, 6.45) is 1.64. The van der Waals surface area contributed by atoms with Crippen LogP contribution in [0.3, 0.4) is 0 Å². The average Bonchev–Trinajstić information content (AvgIpc) is 2.34. The van der Waals surface area contributed by atoms with Gasteiger partial charge in [-0.2, -0.15) is 0 Å². The van der Waals surface area contributed by atoms with Crippen molar-refractivity contribution in [2.45, 2.75) is 19.9 Å². The second-order valence-electron chi connectivity index (χ2n) is 3.93. The second-order valence-corrected chi connectivity index (χ2v) is 3.93. The summed E-state index contributed by atoms with van der Waals surface area (Å²) in [5.74, 6) is 0.183. The predicted molar refractivity (Wildman–Crippen MR) is 67.2 cm³/mol. The van der Waals surface area contributed by atoms with Gasteiger partial charge < -0.3 is 15.4 Å². The smallest absolute Gasteiger partial charge is 0.341 e. The van der Waals surface area contributed by atoms with Crippen molar-refractivity contribution in [3.05, 3.63) is 23.9 Å². The Balaban J connectivity index is 2.55. The fraction of sp³-hybridized carbons (Fsp3) is 0.500. The van der Waals surface area contributed by atoms with E-state index >= 15 is 0 Å². The van der Waals surface area contributed by atoms with Gasteiger partial charge in [0.05, 0.1) is 7.11 Å². The number of pyridine rings is 1. The summed E-state index contributed by atoms with van der Waals surface area (Å²) in [6, 6.07) is 3.85. The largest absolute Gasteiger partial charge is 0.465 e. The molecular weight excluding hydrogens is 218 g/mol. The maximum atomic E-state index is 11.5. The Morgan fingerprint density at radius 2 is 2.24 bits per heavy atom. The summed E-state index contributed by atoms with van der Waals surface area (Å²) in [6.45, 7) is 5.69. The van der Waals surface area contributed by atoms with Gasteiger partial charge in [-0.1, -0.05) is 13.8 Å². The maximum Gasteiger partial charge on any atom is 0.341 e. The highest BCUT2D eigenvalue weighted by Gasteiger charge is 2.11. The molecule has 17 heavy (non-hydrogen) atoms. The van der Waals surface area contributed by atoms with E-state index < -0.39 is 0 Å². The van der Waals surface area contributed by atoms with E-state index in [1.54, 1.807) is 18.3 Å². The number of carbonyl (C=O) groups excluding carboxylic acids is 1. The fourth-order valence-electron chi connectivity index (χ4n) is 1.36. The normalized spacial score (nSPS) is 10.4. The van der Waals surface area contributed by atoms with Gasteiger partial charge in [-0.15, -0.1) is 0 Å². The number of anilines is 1. The third kappa shape index (κ3) is 4.40. The van der Waals surface area contributed by atoms with Crippen molar-refractivity contribution in [3.63, 3.8) is 0 Å². The van der Waals surface area contributed by atoms with Crippen molar-refractivity contribution in [1.82, 2.24) is 10.3 Å². The molecule has 0 fully saturated rings. The van der Waals surface area contributed by atoms with Crippen LogP contribution in [0.1, 0.15) is 24.2 Å². The lowest BCUT2D eigenvalue weighted by Gasteiger charge is -2.11. The number of methoxy groups -OCH3 is 1. The molecule has 0 unspecified atom stereocenters. The van der Waals surface area contributed by atoms with E-state index in [-0.39, 0.29) is 5.97 Å². The van der Waals surface area contributed by atoms with Crippen molar-refractivity contribution in [1.29, 1.82) is 0 Å². The van der Waals surface area contributed by atoms with Crippen LogP contribution in [0.4, 0.5) is 5.82 Å². The highest BCUT2D eigenvalue weighted by molar-refractivity contribution is 5.94. The molecule has 2 N–H and O–H groups in total. The number of esters is 1. The molecule has 0 aliphatic rings. The van der Waals surface area contributed by atoms with E-state index in [2.05, 4.69) is 34.2 Å². The summed E-state index contributed by atoms with van der Waals surface area (Å²) in [7, 11) is 1.36. The van der Waals surface area contributed by atoms with Gasteiger partial charge in [-0.3, -0.25) is 0 Å². The van der Waals surface area contributed by atoms with Crippen LogP contribution in [0.2, 0.25) is 0 Å². The van der Waals surface area contributed by atoms with Crippen LogP contribution >= 0.6 is 0 Å². The monoisotopic (exact) mass is 237 g/mol. The topological polar surface area (TPSA) is 63.2 Å². The molecule has 1 heterocycles. The van der Waals surface area contributed by atoms with Crippen LogP contribution in [0, 0.1) is 0 Å². The van der Waals surface area contributed by atoms with Crippen LogP contribution < -0.4 is 10.6 Å². The van der Waals surface area contributed by atoms with E-state index in [0.29, 0.717) is 24.0 Å².